The number of aromatic nitrogens is 1. The Morgan fingerprint density at radius 1 is 1.00 bits per heavy atom. The number of nitrogens with zero attached hydrogens (tertiary/aromatic N) is 4. The number of benzene rings is 3. The summed E-state index contributed by atoms with van der Waals surface area (Å²) >= 11 is 7.63. The van der Waals surface area contributed by atoms with Crippen molar-refractivity contribution in [1.29, 1.82) is 0 Å². The first-order valence-corrected chi connectivity index (χ1v) is 15.6. The molecule has 3 aromatic carbocycles. The van der Waals surface area contributed by atoms with E-state index < -0.39 is 6.04 Å². The van der Waals surface area contributed by atoms with Crippen LogP contribution in [-0.2, 0) is 16.1 Å². The van der Waals surface area contributed by atoms with Crippen molar-refractivity contribution in [2.45, 2.75) is 33.4 Å². The van der Waals surface area contributed by atoms with E-state index in [0.29, 0.717) is 62.3 Å². The van der Waals surface area contributed by atoms with Crippen molar-refractivity contribution in [2.75, 3.05) is 25.1 Å². The fourth-order valence-electron chi connectivity index (χ4n) is 5.97. The number of methoxy groups -OCH3 is 1. The summed E-state index contributed by atoms with van der Waals surface area (Å²) in [7, 11) is 1.56. The van der Waals surface area contributed by atoms with Crippen LogP contribution in [0.15, 0.2) is 93.9 Å². The average Bonchev–Trinajstić information content (AvgIpc) is 3.49. The van der Waals surface area contributed by atoms with Gasteiger partial charge in [0.05, 0.1) is 36.2 Å². The topological polar surface area (TPSA) is 84.2 Å². The van der Waals surface area contributed by atoms with Crippen LogP contribution >= 0.6 is 22.9 Å². The van der Waals surface area contributed by atoms with E-state index in [4.69, 9.17) is 21.3 Å². The standard InChI is InChI=1S/C34H31ClN4O4S/c1-5-37(6-2)31(40)27-20(3)36-34-39(29(27)23-15-9-12-18-26(23)43-4)33(42)30(44-34)28-22-14-8-11-17-25(22)38(32(28)41)19-21-13-7-10-16-24(21)35/h7-18,29H,5-6,19H2,1-4H3/b30-28-/t29-/m1/s1. The summed E-state index contributed by atoms with van der Waals surface area (Å²) in [5.74, 6) is 0.0576. The second kappa shape index (κ2) is 11.9. The van der Waals surface area contributed by atoms with E-state index in [1.807, 2.05) is 80.6 Å². The van der Waals surface area contributed by atoms with Crippen LogP contribution in [0.2, 0.25) is 5.02 Å². The van der Waals surface area contributed by atoms with Gasteiger partial charge in [0.15, 0.2) is 4.80 Å². The highest BCUT2D eigenvalue weighted by Gasteiger charge is 2.38. The third-order valence-corrected chi connectivity index (χ3v) is 9.57. The van der Waals surface area contributed by atoms with E-state index in [9.17, 15) is 14.4 Å². The number of carbonyl (C=O) groups excluding carboxylic acids is 2. The van der Waals surface area contributed by atoms with Gasteiger partial charge in [-0.1, -0.05) is 77.5 Å². The van der Waals surface area contributed by atoms with Gasteiger partial charge in [0.25, 0.3) is 17.4 Å². The summed E-state index contributed by atoms with van der Waals surface area (Å²) in [6.07, 6.45) is 0. The fourth-order valence-corrected chi connectivity index (χ4v) is 7.30. The molecule has 6 rings (SSSR count). The number of carbonyl (C=O) groups is 2. The summed E-state index contributed by atoms with van der Waals surface area (Å²) in [5.41, 5.74) is 3.68. The molecule has 2 amide bonds. The monoisotopic (exact) mass is 626 g/mol. The lowest BCUT2D eigenvalue weighted by atomic mass is 9.94. The maximum atomic E-state index is 14.6. The number of para-hydroxylation sites is 2. The first-order valence-electron chi connectivity index (χ1n) is 14.4. The average molecular weight is 627 g/mol. The summed E-state index contributed by atoms with van der Waals surface area (Å²) < 4.78 is 7.53. The molecule has 224 valence electrons. The molecule has 8 nitrogen and oxygen atoms in total. The second-order valence-electron chi connectivity index (χ2n) is 10.5. The van der Waals surface area contributed by atoms with Gasteiger partial charge in [-0.15, -0.1) is 0 Å². The van der Waals surface area contributed by atoms with Crippen LogP contribution in [0.3, 0.4) is 0 Å². The molecular weight excluding hydrogens is 596 g/mol. The second-order valence-corrected chi connectivity index (χ2v) is 11.9. The largest absolute Gasteiger partial charge is 0.496 e. The van der Waals surface area contributed by atoms with Gasteiger partial charge >= 0.3 is 0 Å². The zero-order valence-corrected chi connectivity index (χ0v) is 26.4. The molecule has 0 N–H and O–H groups in total. The SMILES string of the molecule is CCN(CC)C(=O)C1=C(C)N=c2s/c(=C3\C(=O)N(Cc4ccccc4Cl)c4ccccc43)c(=O)n2[C@@H]1c1ccccc1OC. The fraction of sp³-hybridized carbons (Fsp3) is 0.235. The first kappa shape index (κ1) is 29.6. The number of thiazole rings is 1. The number of allylic oxidation sites excluding steroid dienone is 1. The maximum Gasteiger partial charge on any atom is 0.271 e. The molecule has 2 aliphatic rings. The molecule has 1 atom stereocenters. The Balaban J connectivity index is 1.60. The maximum absolute atomic E-state index is 14.6. The number of hydrogen-bond donors (Lipinski definition) is 0. The van der Waals surface area contributed by atoms with Crippen molar-refractivity contribution in [1.82, 2.24) is 9.47 Å². The number of fused-ring (bicyclic) bond motifs is 2. The molecule has 0 saturated heterocycles. The van der Waals surface area contributed by atoms with Gasteiger partial charge in [-0.05, 0) is 44.5 Å². The lowest BCUT2D eigenvalue weighted by molar-refractivity contribution is -0.127. The molecule has 10 heteroatoms. The van der Waals surface area contributed by atoms with Gasteiger partial charge in [0.1, 0.15) is 16.3 Å². The Morgan fingerprint density at radius 3 is 2.41 bits per heavy atom. The molecule has 3 heterocycles. The van der Waals surface area contributed by atoms with Gasteiger partial charge in [-0.3, -0.25) is 19.0 Å². The number of amides is 2. The van der Waals surface area contributed by atoms with Crippen molar-refractivity contribution in [2.24, 2.45) is 4.99 Å². The number of halogens is 1. The number of rotatable bonds is 7. The van der Waals surface area contributed by atoms with E-state index in [1.165, 1.54) is 0 Å². The zero-order valence-electron chi connectivity index (χ0n) is 24.8. The van der Waals surface area contributed by atoms with Crippen molar-refractivity contribution in [3.8, 4) is 5.75 Å². The van der Waals surface area contributed by atoms with Crippen LogP contribution < -0.4 is 24.5 Å². The van der Waals surface area contributed by atoms with Gasteiger partial charge < -0.3 is 14.5 Å². The van der Waals surface area contributed by atoms with Crippen molar-refractivity contribution in [3.05, 3.63) is 125 Å². The molecule has 2 aliphatic heterocycles. The van der Waals surface area contributed by atoms with Crippen LogP contribution in [0.5, 0.6) is 5.75 Å². The number of hydrogen-bond acceptors (Lipinski definition) is 6. The summed E-state index contributed by atoms with van der Waals surface area (Å²) in [6, 6.07) is 21.4. The van der Waals surface area contributed by atoms with E-state index >= 15 is 0 Å². The van der Waals surface area contributed by atoms with E-state index in [2.05, 4.69) is 0 Å². The van der Waals surface area contributed by atoms with Crippen molar-refractivity contribution < 1.29 is 14.3 Å². The molecule has 0 aliphatic carbocycles. The Kier molecular flexibility index (Phi) is 8.00. The zero-order chi connectivity index (χ0) is 31.1. The molecule has 0 spiro atoms. The van der Waals surface area contributed by atoms with Gasteiger partial charge in [0.2, 0.25) is 0 Å². The van der Waals surface area contributed by atoms with Crippen LogP contribution in [-0.4, -0.2) is 41.5 Å². The van der Waals surface area contributed by atoms with E-state index in [-0.39, 0.29) is 28.5 Å². The minimum Gasteiger partial charge on any atom is -0.496 e. The Bertz CT molecular complexity index is 2020. The number of anilines is 1. The minimum absolute atomic E-state index is 0.196. The molecule has 1 aromatic heterocycles. The quantitative estimate of drug-likeness (QED) is 0.298. The van der Waals surface area contributed by atoms with Crippen LogP contribution in [0.25, 0.3) is 5.57 Å². The predicted octanol–water partition coefficient (Wildman–Crippen LogP) is 4.68. The van der Waals surface area contributed by atoms with E-state index in [1.54, 1.807) is 34.5 Å². The van der Waals surface area contributed by atoms with Crippen LogP contribution in [0.4, 0.5) is 5.69 Å². The molecule has 0 radical (unpaired) electrons. The molecular formula is C34H31ClN4O4S. The number of ether oxygens (including phenoxy) is 1. The molecule has 4 aromatic rings. The predicted molar refractivity (Wildman–Crippen MR) is 173 cm³/mol. The molecule has 0 fully saturated rings. The lowest BCUT2D eigenvalue weighted by Crippen LogP contribution is -2.43. The van der Waals surface area contributed by atoms with Crippen molar-refractivity contribution >= 4 is 46.0 Å². The van der Waals surface area contributed by atoms with Gasteiger partial charge in [-0.2, -0.15) is 0 Å². The first-order chi connectivity index (χ1) is 21.3. The Labute approximate surface area is 263 Å². The van der Waals surface area contributed by atoms with Crippen molar-refractivity contribution in [3.63, 3.8) is 0 Å². The molecule has 0 unspecified atom stereocenters. The number of likely N-dealkylation sites (N-methyl/N-ethyl adjacent to an activating group) is 1. The highest BCUT2D eigenvalue weighted by Crippen LogP contribution is 2.38. The summed E-state index contributed by atoms with van der Waals surface area (Å²) in [6.45, 7) is 6.90. The highest BCUT2D eigenvalue weighted by molar-refractivity contribution is 7.07. The van der Waals surface area contributed by atoms with E-state index in [0.717, 1.165) is 16.9 Å². The normalized spacial score (nSPS) is 16.9. The third kappa shape index (κ3) is 4.76. The molecule has 0 bridgehead atoms. The van der Waals surface area contributed by atoms with Gasteiger partial charge in [0, 0.05) is 29.2 Å². The Morgan fingerprint density at radius 2 is 1.68 bits per heavy atom. The lowest BCUT2D eigenvalue weighted by Gasteiger charge is -2.29. The summed E-state index contributed by atoms with van der Waals surface area (Å²) in [4.78, 5) is 51.3. The van der Waals surface area contributed by atoms with Gasteiger partial charge in [-0.25, -0.2) is 4.99 Å². The molecule has 0 saturated carbocycles. The highest BCUT2D eigenvalue weighted by atomic mass is 35.5. The van der Waals surface area contributed by atoms with Crippen LogP contribution in [0, 0.1) is 0 Å². The molecule has 44 heavy (non-hydrogen) atoms. The minimum atomic E-state index is -0.796. The third-order valence-electron chi connectivity index (χ3n) is 8.15. The van der Waals surface area contributed by atoms with Crippen LogP contribution in [0.1, 0.15) is 43.5 Å². The Hall–Kier alpha value is -4.47. The smallest absolute Gasteiger partial charge is 0.271 e. The summed E-state index contributed by atoms with van der Waals surface area (Å²) in [5, 5.41) is 0.559.